The van der Waals surface area contributed by atoms with Gasteiger partial charge in [0.2, 0.25) is 24.6 Å². The van der Waals surface area contributed by atoms with E-state index in [0.717, 1.165) is 0 Å². The number of rotatable bonds is 6. The summed E-state index contributed by atoms with van der Waals surface area (Å²) >= 11 is 0. The second-order valence-electron chi connectivity index (χ2n) is 10.2. The lowest BCUT2D eigenvalue weighted by Gasteiger charge is -2.40. The zero-order chi connectivity index (χ0) is 28.3. The van der Waals surface area contributed by atoms with E-state index in [4.69, 9.17) is 33.2 Å². The Labute approximate surface area is 228 Å². The number of ether oxygens (including phenoxy) is 7. The molecule has 3 aliphatic heterocycles. The first-order valence-electron chi connectivity index (χ1n) is 12.8. The number of carbonyl (C=O) groups is 1. The topological polar surface area (TPSA) is 183 Å². The molecule has 216 valence electrons. The molecule has 2 saturated heterocycles. The normalized spacial score (nSPS) is 32.2. The summed E-state index contributed by atoms with van der Waals surface area (Å²) < 4.78 is 39.4. The summed E-state index contributed by atoms with van der Waals surface area (Å²) in [6.45, 7) is -0.561. The second kappa shape index (κ2) is 10.2. The van der Waals surface area contributed by atoms with E-state index in [1.54, 1.807) is 18.2 Å². The molecule has 40 heavy (non-hydrogen) atoms. The maximum Gasteiger partial charge on any atom is 0.310 e. The van der Waals surface area contributed by atoms with Crippen LogP contribution in [0.25, 0.3) is 0 Å². The maximum absolute atomic E-state index is 13.0. The number of benzene rings is 2. The van der Waals surface area contributed by atoms with E-state index in [1.165, 1.54) is 14.2 Å². The third kappa shape index (κ3) is 4.08. The molecule has 6 rings (SSSR count). The molecular formula is C27H30O13. The highest BCUT2D eigenvalue weighted by molar-refractivity contribution is 5.79. The third-order valence-electron chi connectivity index (χ3n) is 8.08. The maximum atomic E-state index is 13.0. The summed E-state index contributed by atoms with van der Waals surface area (Å²) in [6, 6.07) is 5.02. The van der Waals surface area contributed by atoms with Crippen molar-refractivity contribution < 1.29 is 63.5 Å². The van der Waals surface area contributed by atoms with Crippen LogP contribution >= 0.6 is 0 Å². The van der Waals surface area contributed by atoms with Crippen LogP contribution in [-0.4, -0.2) is 96.4 Å². The van der Waals surface area contributed by atoms with Crippen LogP contribution in [0, 0.1) is 11.8 Å². The highest BCUT2D eigenvalue weighted by Gasteiger charge is 2.51. The minimum Gasteiger partial charge on any atom is -0.502 e. The van der Waals surface area contributed by atoms with Gasteiger partial charge in [0.15, 0.2) is 23.0 Å². The quantitative estimate of drug-likeness (QED) is 0.292. The second-order valence-corrected chi connectivity index (χ2v) is 10.2. The zero-order valence-corrected chi connectivity index (χ0v) is 21.7. The Morgan fingerprint density at radius 1 is 0.975 bits per heavy atom. The van der Waals surface area contributed by atoms with Crippen LogP contribution < -0.4 is 23.7 Å². The number of methoxy groups -OCH3 is 2. The van der Waals surface area contributed by atoms with Gasteiger partial charge in [-0.15, -0.1) is 0 Å². The highest BCUT2D eigenvalue weighted by atomic mass is 16.7. The molecule has 0 spiro atoms. The Morgan fingerprint density at radius 2 is 1.70 bits per heavy atom. The van der Waals surface area contributed by atoms with Gasteiger partial charge < -0.3 is 58.7 Å². The molecule has 3 heterocycles. The molecule has 0 unspecified atom stereocenters. The van der Waals surface area contributed by atoms with Gasteiger partial charge in [-0.1, -0.05) is 0 Å². The fourth-order valence-electron chi connectivity index (χ4n) is 6.07. The first-order chi connectivity index (χ1) is 19.3. The lowest BCUT2D eigenvalue weighted by atomic mass is 9.67. The molecule has 8 atom stereocenters. The van der Waals surface area contributed by atoms with Crippen LogP contribution in [0.4, 0.5) is 0 Å². The van der Waals surface area contributed by atoms with Crippen molar-refractivity contribution >= 4 is 5.97 Å². The van der Waals surface area contributed by atoms with E-state index in [-0.39, 0.29) is 54.0 Å². The number of carbonyl (C=O) groups excluding carboxylic acids is 1. The number of hydrogen-bond acceptors (Lipinski definition) is 13. The van der Waals surface area contributed by atoms with Gasteiger partial charge in [-0.2, -0.15) is 0 Å². The Bertz CT molecular complexity index is 1280. The number of fused-ring (bicyclic) bond motifs is 3. The monoisotopic (exact) mass is 562 g/mol. The van der Waals surface area contributed by atoms with Crippen LogP contribution in [0.3, 0.4) is 0 Å². The van der Waals surface area contributed by atoms with Crippen LogP contribution in [-0.2, 0) is 20.7 Å². The molecule has 13 heteroatoms. The van der Waals surface area contributed by atoms with Gasteiger partial charge in [0.1, 0.15) is 24.4 Å². The number of phenolic OH excluding ortho intramolecular Hbond substituents is 1. The molecule has 2 fully saturated rings. The Morgan fingerprint density at radius 3 is 2.38 bits per heavy atom. The van der Waals surface area contributed by atoms with Crippen LogP contribution in [0.15, 0.2) is 18.2 Å². The van der Waals surface area contributed by atoms with Crippen LogP contribution in [0.2, 0.25) is 0 Å². The van der Waals surface area contributed by atoms with Crippen molar-refractivity contribution in [3.63, 3.8) is 0 Å². The van der Waals surface area contributed by atoms with E-state index < -0.39 is 49.1 Å². The minimum absolute atomic E-state index is 0.107. The van der Waals surface area contributed by atoms with Gasteiger partial charge in [0.25, 0.3) is 0 Å². The van der Waals surface area contributed by atoms with E-state index in [1.807, 2.05) is 0 Å². The van der Waals surface area contributed by atoms with Crippen molar-refractivity contribution in [1.29, 1.82) is 0 Å². The van der Waals surface area contributed by atoms with Gasteiger partial charge in [-0.05, 0) is 35.7 Å². The van der Waals surface area contributed by atoms with Crippen molar-refractivity contribution in [2.45, 2.75) is 43.0 Å². The van der Waals surface area contributed by atoms with Crippen LogP contribution in [0.1, 0.15) is 22.6 Å². The first kappa shape index (κ1) is 26.7. The molecular weight excluding hydrogens is 532 g/mol. The molecule has 2 aromatic rings. The SMILES string of the molecule is COc1cc([C@@H]2c3cc4c(c(O[C@@H]5O[C@@H](CO)[C@@H](O)[C@H](O)[C@@H]5O)c3C[C@H]3COC(=O)[C@@H]32)OCO4)cc(OC)c1O. The number of phenols is 1. The van der Waals surface area contributed by atoms with Gasteiger partial charge in [-0.3, -0.25) is 4.79 Å². The van der Waals surface area contributed by atoms with Crippen molar-refractivity contribution in [3.8, 4) is 34.5 Å². The predicted octanol–water partition coefficient (Wildman–Crippen LogP) is -0.206. The molecule has 4 aliphatic rings. The van der Waals surface area contributed by atoms with Gasteiger partial charge in [-0.25, -0.2) is 0 Å². The summed E-state index contributed by atoms with van der Waals surface area (Å²) in [5.74, 6) is -0.932. The number of cyclic esters (lactones) is 1. The summed E-state index contributed by atoms with van der Waals surface area (Å²) in [6.07, 6.45) is -7.15. The fourth-order valence-corrected chi connectivity index (χ4v) is 6.07. The number of hydrogen-bond donors (Lipinski definition) is 5. The molecule has 0 amide bonds. The summed E-state index contributed by atoms with van der Waals surface area (Å²) in [5, 5.41) is 51.3. The Hall–Kier alpha value is -3.49. The minimum atomic E-state index is -1.65. The molecule has 5 N–H and O–H groups in total. The predicted molar refractivity (Wildman–Crippen MR) is 132 cm³/mol. The average Bonchev–Trinajstić information content (AvgIpc) is 3.58. The van der Waals surface area contributed by atoms with E-state index in [9.17, 15) is 30.3 Å². The molecule has 0 radical (unpaired) electrons. The lowest BCUT2D eigenvalue weighted by molar-refractivity contribution is -0.277. The smallest absolute Gasteiger partial charge is 0.310 e. The number of esters is 1. The van der Waals surface area contributed by atoms with Crippen molar-refractivity contribution in [2.24, 2.45) is 11.8 Å². The summed E-state index contributed by atoms with van der Waals surface area (Å²) in [7, 11) is 2.81. The van der Waals surface area contributed by atoms with E-state index in [0.29, 0.717) is 28.9 Å². The molecule has 2 aromatic carbocycles. The summed E-state index contributed by atoms with van der Waals surface area (Å²) in [5.41, 5.74) is 1.90. The van der Waals surface area contributed by atoms with E-state index in [2.05, 4.69) is 0 Å². The number of aliphatic hydroxyl groups is 4. The Kier molecular flexibility index (Phi) is 6.79. The van der Waals surface area contributed by atoms with Crippen LogP contribution in [0.5, 0.6) is 34.5 Å². The largest absolute Gasteiger partial charge is 0.502 e. The molecule has 1 aliphatic carbocycles. The van der Waals surface area contributed by atoms with Gasteiger partial charge in [0, 0.05) is 17.4 Å². The zero-order valence-electron chi connectivity index (χ0n) is 21.7. The lowest BCUT2D eigenvalue weighted by Crippen LogP contribution is -2.60. The summed E-state index contributed by atoms with van der Waals surface area (Å²) in [4.78, 5) is 13.0. The first-order valence-corrected chi connectivity index (χ1v) is 12.8. The third-order valence-corrected chi connectivity index (χ3v) is 8.08. The standard InChI is InChI=1S/C27H30O13/c1-34-14-4-10(5-15(35-2)20(14)29)18-12-6-16-25(38-9-37-16)24(13(12)3-11-8-36-26(33)19(11)18)40-27-23(32)22(31)21(30)17(7-28)39-27/h4-6,11,17-19,21-23,27-32H,3,7-9H2,1-2H3/t11-,17-,18+,19-,21+,22-,23-,27-/m0/s1. The molecule has 0 bridgehead atoms. The van der Waals surface area contributed by atoms with Crippen molar-refractivity contribution in [2.75, 3.05) is 34.2 Å². The molecule has 0 aromatic heterocycles. The fraction of sp³-hybridized carbons (Fsp3) is 0.519. The van der Waals surface area contributed by atoms with Gasteiger partial charge in [0.05, 0.1) is 33.4 Å². The average molecular weight is 563 g/mol. The Balaban J connectivity index is 1.50. The number of aliphatic hydroxyl groups excluding tert-OH is 4. The number of aromatic hydroxyl groups is 1. The van der Waals surface area contributed by atoms with Crippen molar-refractivity contribution in [1.82, 2.24) is 0 Å². The molecule has 0 saturated carbocycles. The molecule has 13 nitrogen and oxygen atoms in total. The van der Waals surface area contributed by atoms with Crippen molar-refractivity contribution in [3.05, 3.63) is 34.9 Å². The van der Waals surface area contributed by atoms with E-state index >= 15 is 0 Å². The highest BCUT2D eigenvalue weighted by Crippen LogP contribution is 2.56. The van der Waals surface area contributed by atoms with Gasteiger partial charge >= 0.3 is 5.97 Å².